The summed E-state index contributed by atoms with van der Waals surface area (Å²) in [4.78, 5) is 22.7. The molecule has 0 aliphatic carbocycles. The number of carbonyl (C=O) groups is 2. The smallest absolute Gasteiger partial charge is 0.355 e. The van der Waals surface area contributed by atoms with Gasteiger partial charge in [-0.05, 0) is 6.92 Å². The number of hydrogen-bond acceptors (Lipinski definition) is 5. The lowest BCUT2D eigenvalue weighted by Gasteiger charge is -2.19. The van der Waals surface area contributed by atoms with Gasteiger partial charge in [0.1, 0.15) is 6.42 Å². The Balaban J connectivity index is 4.83. The molecule has 0 aliphatic heterocycles. The van der Waals surface area contributed by atoms with E-state index in [0.29, 0.717) is 0 Å². The van der Waals surface area contributed by atoms with Crippen LogP contribution in [0.4, 0.5) is 0 Å². The summed E-state index contributed by atoms with van der Waals surface area (Å²) >= 11 is 0. The van der Waals surface area contributed by atoms with Crippen molar-refractivity contribution < 1.29 is 14.3 Å². The third-order valence-electron chi connectivity index (χ3n) is 1.71. The predicted octanol–water partition coefficient (Wildman–Crippen LogP) is 0.981. The second kappa shape index (κ2) is 6.63. The Morgan fingerprint density at radius 1 is 1.41 bits per heavy atom. The number of nitrogens with zero attached hydrogens (tertiary/aromatic N) is 2. The number of hydrazone groups is 1. The average molecular weight is 239 g/mol. The van der Waals surface area contributed by atoms with Crippen LogP contribution in [0.25, 0.3) is 0 Å². The number of amides is 1. The molecule has 94 valence electrons. The highest BCUT2D eigenvalue weighted by atomic mass is 16.5. The Bertz CT molecular complexity index is 361. The maximum absolute atomic E-state index is 11.6. The molecule has 0 heterocycles. The molecule has 6 heteroatoms. The van der Waals surface area contributed by atoms with Crippen molar-refractivity contribution in [3.8, 4) is 6.07 Å². The highest BCUT2D eigenvalue weighted by Crippen LogP contribution is 2.16. The Morgan fingerprint density at radius 3 is 2.41 bits per heavy atom. The molecule has 6 nitrogen and oxygen atoms in total. The van der Waals surface area contributed by atoms with Gasteiger partial charge in [0.25, 0.3) is 5.91 Å². The lowest BCUT2D eigenvalue weighted by molar-refractivity contribution is -0.135. The first kappa shape index (κ1) is 15.1. The monoisotopic (exact) mass is 239 g/mol. The third-order valence-corrected chi connectivity index (χ3v) is 1.71. The summed E-state index contributed by atoms with van der Waals surface area (Å²) in [6, 6.07) is 1.69. The molecule has 0 saturated heterocycles. The fraction of sp³-hybridized carbons (Fsp3) is 0.636. The van der Waals surface area contributed by atoms with Crippen LogP contribution in [0, 0.1) is 16.7 Å². The molecule has 1 amide bonds. The molecule has 0 aromatic carbocycles. The van der Waals surface area contributed by atoms with Crippen molar-refractivity contribution in [1.29, 1.82) is 5.26 Å². The fourth-order valence-electron chi connectivity index (χ4n) is 0.949. The summed E-state index contributed by atoms with van der Waals surface area (Å²) in [5.41, 5.74) is 1.72. The summed E-state index contributed by atoms with van der Waals surface area (Å²) in [5.74, 6) is -1.13. The topological polar surface area (TPSA) is 91.5 Å². The lowest BCUT2D eigenvalue weighted by Crippen LogP contribution is -2.33. The third kappa shape index (κ3) is 5.66. The van der Waals surface area contributed by atoms with Gasteiger partial charge in [-0.25, -0.2) is 10.2 Å². The Morgan fingerprint density at radius 2 is 2.00 bits per heavy atom. The minimum Gasteiger partial charge on any atom is -0.461 e. The molecule has 0 aromatic rings. The molecular weight excluding hydrogens is 222 g/mol. The van der Waals surface area contributed by atoms with E-state index in [1.54, 1.807) is 33.8 Å². The zero-order valence-electron chi connectivity index (χ0n) is 10.5. The van der Waals surface area contributed by atoms with Gasteiger partial charge in [-0.15, -0.1) is 0 Å². The van der Waals surface area contributed by atoms with E-state index < -0.39 is 17.3 Å². The minimum absolute atomic E-state index is 0.116. The normalized spacial score (nSPS) is 11.6. The van der Waals surface area contributed by atoms with Crippen LogP contribution in [0.5, 0.6) is 0 Å². The maximum Gasteiger partial charge on any atom is 0.355 e. The highest BCUT2D eigenvalue weighted by Gasteiger charge is 2.27. The van der Waals surface area contributed by atoms with E-state index in [4.69, 9.17) is 10.00 Å². The van der Waals surface area contributed by atoms with Gasteiger partial charge in [-0.1, -0.05) is 20.8 Å². The van der Waals surface area contributed by atoms with Crippen molar-refractivity contribution in [1.82, 2.24) is 5.43 Å². The first-order valence-corrected chi connectivity index (χ1v) is 5.24. The number of hydrogen-bond donors (Lipinski definition) is 1. The van der Waals surface area contributed by atoms with Crippen LogP contribution in [0.15, 0.2) is 5.10 Å². The number of rotatable bonds is 4. The first-order chi connectivity index (χ1) is 7.82. The largest absolute Gasteiger partial charge is 0.461 e. The van der Waals surface area contributed by atoms with Crippen LogP contribution in [0.3, 0.4) is 0 Å². The van der Waals surface area contributed by atoms with Gasteiger partial charge in [-0.3, -0.25) is 4.79 Å². The Kier molecular flexibility index (Phi) is 5.89. The molecule has 17 heavy (non-hydrogen) atoms. The summed E-state index contributed by atoms with van der Waals surface area (Å²) in [7, 11) is 0. The van der Waals surface area contributed by atoms with Crippen LogP contribution < -0.4 is 5.43 Å². The van der Waals surface area contributed by atoms with Crippen LogP contribution in [0.1, 0.15) is 34.1 Å². The van der Waals surface area contributed by atoms with Crippen LogP contribution >= 0.6 is 0 Å². The van der Waals surface area contributed by atoms with Gasteiger partial charge in [0.2, 0.25) is 0 Å². The predicted molar refractivity (Wildman–Crippen MR) is 61.9 cm³/mol. The molecule has 0 rings (SSSR count). The van der Waals surface area contributed by atoms with Gasteiger partial charge < -0.3 is 4.74 Å². The summed E-state index contributed by atoms with van der Waals surface area (Å²) in [5, 5.41) is 12.0. The molecule has 0 radical (unpaired) electrons. The number of ether oxygens (including phenoxy) is 1. The van der Waals surface area contributed by atoms with E-state index in [0.717, 1.165) is 0 Å². The molecule has 0 aromatic heterocycles. The average Bonchev–Trinajstić information content (AvgIpc) is 2.16. The van der Waals surface area contributed by atoms with E-state index in [9.17, 15) is 9.59 Å². The SMILES string of the molecule is CCOC(=O)C(=NNC(=O)CC#N)C(C)(C)C. The second-order valence-electron chi connectivity index (χ2n) is 4.30. The molecule has 1 N–H and O–H groups in total. The summed E-state index contributed by atoms with van der Waals surface area (Å²) in [6.45, 7) is 7.25. The molecule has 0 fully saturated rings. The number of nitriles is 1. The zero-order valence-corrected chi connectivity index (χ0v) is 10.5. The van der Waals surface area contributed by atoms with E-state index in [1.165, 1.54) is 0 Å². The molecule has 0 spiro atoms. The summed E-state index contributed by atoms with van der Waals surface area (Å²) in [6.07, 6.45) is -0.302. The van der Waals surface area contributed by atoms with Gasteiger partial charge in [-0.2, -0.15) is 10.4 Å². The van der Waals surface area contributed by atoms with E-state index in [1.807, 2.05) is 0 Å². The quantitative estimate of drug-likeness (QED) is 0.449. The maximum atomic E-state index is 11.6. The molecule has 0 unspecified atom stereocenters. The Hall–Kier alpha value is -1.90. The van der Waals surface area contributed by atoms with E-state index >= 15 is 0 Å². The lowest BCUT2D eigenvalue weighted by atomic mass is 9.90. The number of carbonyl (C=O) groups excluding carboxylic acids is 2. The molecule has 0 saturated carbocycles. The summed E-state index contributed by atoms with van der Waals surface area (Å²) < 4.78 is 4.84. The highest BCUT2D eigenvalue weighted by molar-refractivity contribution is 6.38. The van der Waals surface area contributed by atoms with Crippen molar-refractivity contribution in [2.24, 2.45) is 10.5 Å². The van der Waals surface area contributed by atoms with Crippen molar-refractivity contribution in [2.75, 3.05) is 6.61 Å². The van der Waals surface area contributed by atoms with Gasteiger partial charge in [0.15, 0.2) is 5.71 Å². The van der Waals surface area contributed by atoms with E-state index in [2.05, 4.69) is 10.5 Å². The minimum atomic E-state index is -0.572. The van der Waals surface area contributed by atoms with Crippen LogP contribution in [-0.2, 0) is 14.3 Å². The first-order valence-electron chi connectivity index (χ1n) is 5.24. The van der Waals surface area contributed by atoms with Crippen molar-refractivity contribution in [3.05, 3.63) is 0 Å². The van der Waals surface area contributed by atoms with Crippen molar-refractivity contribution >= 4 is 17.6 Å². The van der Waals surface area contributed by atoms with Gasteiger partial charge in [0.05, 0.1) is 12.7 Å². The fourth-order valence-corrected chi connectivity index (χ4v) is 0.949. The molecule has 0 bridgehead atoms. The molecule has 0 aliphatic rings. The number of nitrogens with one attached hydrogen (secondary N) is 1. The van der Waals surface area contributed by atoms with E-state index in [-0.39, 0.29) is 18.7 Å². The van der Waals surface area contributed by atoms with Gasteiger partial charge >= 0.3 is 5.97 Å². The zero-order chi connectivity index (χ0) is 13.5. The van der Waals surface area contributed by atoms with Crippen molar-refractivity contribution in [3.63, 3.8) is 0 Å². The van der Waals surface area contributed by atoms with Crippen LogP contribution in [0.2, 0.25) is 0 Å². The molecule has 0 atom stereocenters. The standard InChI is InChI=1S/C11H17N3O3/c1-5-17-10(16)9(11(2,3)4)14-13-8(15)6-7-12/h5-6H2,1-4H3,(H,13,15). The van der Waals surface area contributed by atoms with Crippen LogP contribution in [-0.4, -0.2) is 24.2 Å². The second-order valence-corrected chi connectivity index (χ2v) is 4.30. The number of esters is 1. The van der Waals surface area contributed by atoms with Gasteiger partial charge in [0, 0.05) is 5.41 Å². The molecular formula is C11H17N3O3. The Labute approximate surface area is 101 Å². The van der Waals surface area contributed by atoms with Crippen molar-refractivity contribution in [2.45, 2.75) is 34.1 Å².